The van der Waals surface area contributed by atoms with Gasteiger partial charge in [0.05, 0.1) is 0 Å². The van der Waals surface area contributed by atoms with Crippen LogP contribution in [0.3, 0.4) is 0 Å². The summed E-state index contributed by atoms with van der Waals surface area (Å²) >= 11 is 0. The summed E-state index contributed by atoms with van der Waals surface area (Å²) in [6, 6.07) is 14.7. The third-order valence-electron chi connectivity index (χ3n) is 2.66. The quantitative estimate of drug-likeness (QED) is 0.823. The van der Waals surface area contributed by atoms with Crippen LogP contribution in [0.4, 0.5) is 17.1 Å². The summed E-state index contributed by atoms with van der Waals surface area (Å²) in [6.07, 6.45) is 0. The second kappa shape index (κ2) is 4.91. The molecule has 2 aromatic carbocycles. The van der Waals surface area contributed by atoms with Crippen molar-refractivity contribution in [3.8, 4) is 0 Å². The van der Waals surface area contributed by atoms with Gasteiger partial charge in [-0.25, -0.2) is 0 Å². The highest BCUT2D eigenvalue weighted by molar-refractivity contribution is 5.65. The van der Waals surface area contributed by atoms with Gasteiger partial charge >= 0.3 is 0 Å². The molecule has 0 amide bonds. The van der Waals surface area contributed by atoms with Crippen molar-refractivity contribution in [1.82, 2.24) is 0 Å². The molecule has 0 spiro atoms. The predicted molar refractivity (Wildman–Crippen MR) is 75.2 cm³/mol. The van der Waals surface area contributed by atoms with E-state index < -0.39 is 0 Å². The number of hydrogen-bond donors (Lipinski definition) is 2. The first-order chi connectivity index (χ1) is 8.17. The third kappa shape index (κ3) is 3.00. The summed E-state index contributed by atoms with van der Waals surface area (Å²) < 4.78 is 0. The normalized spacial score (nSPS) is 10.1. The van der Waals surface area contributed by atoms with Gasteiger partial charge in [-0.2, -0.15) is 0 Å². The average molecular weight is 226 g/mol. The minimum absolute atomic E-state index is 1.10. The van der Waals surface area contributed by atoms with Crippen molar-refractivity contribution < 1.29 is 0 Å². The molecule has 2 aromatic rings. The maximum atomic E-state index is 3.42. The molecule has 2 nitrogen and oxygen atoms in total. The molecule has 0 fully saturated rings. The van der Waals surface area contributed by atoms with Crippen LogP contribution in [-0.4, -0.2) is 7.05 Å². The molecule has 0 heterocycles. The summed E-state index contributed by atoms with van der Waals surface area (Å²) in [6.45, 7) is 4.23. The highest BCUT2D eigenvalue weighted by Crippen LogP contribution is 2.21. The van der Waals surface area contributed by atoms with E-state index in [1.165, 1.54) is 11.1 Å². The highest BCUT2D eigenvalue weighted by Gasteiger charge is 1.98. The minimum Gasteiger partial charge on any atom is -0.388 e. The molecule has 0 aliphatic heterocycles. The van der Waals surface area contributed by atoms with Crippen LogP contribution in [0.2, 0.25) is 0 Å². The zero-order valence-electron chi connectivity index (χ0n) is 10.5. The first-order valence-corrected chi connectivity index (χ1v) is 5.80. The van der Waals surface area contributed by atoms with Gasteiger partial charge in [0, 0.05) is 24.1 Å². The molecular formula is C15H18N2. The van der Waals surface area contributed by atoms with Gasteiger partial charge < -0.3 is 10.6 Å². The average Bonchev–Trinajstić information content (AvgIpc) is 2.28. The second-order valence-electron chi connectivity index (χ2n) is 4.33. The number of hydrogen-bond acceptors (Lipinski definition) is 2. The molecule has 0 bridgehead atoms. The lowest BCUT2D eigenvalue weighted by Gasteiger charge is -2.10. The van der Waals surface area contributed by atoms with E-state index in [2.05, 4.69) is 54.8 Å². The molecule has 88 valence electrons. The summed E-state index contributed by atoms with van der Waals surface area (Å²) in [5, 5.41) is 6.56. The Morgan fingerprint density at radius 3 is 2.06 bits per heavy atom. The fourth-order valence-corrected chi connectivity index (χ4v) is 1.97. The summed E-state index contributed by atoms with van der Waals surface area (Å²) in [4.78, 5) is 0. The van der Waals surface area contributed by atoms with E-state index in [-0.39, 0.29) is 0 Å². The van der Waals surface area contributed by atoms with Gasteiger partial charge in [0.15, 0.2) is 0 Å². The van der Waals surface area contributed by atoms with Gasteiger partial charge in [-0.1, -0.05) is 12.1 Å². The molecule has 0 atom stereocenters. The maximum Gasteiger partial charge on any atom is 0.0404 e. The molecule has 0 unspecified atom stereocenters. The van der Waals surface area contributed by atoms with E-state index >= 15 is 0 Å². The Morgan fingerprint density at radius 2 is 1.41 bits per heavy atom. The number of nitrogens with one attached hydrogen (secondary N) is 2. The van der Waals surface area contributed by atoms with Crippen molar-refractivity contribution in [2.45, 2.75) is 13.8 Å². The third-order valence-corrected chi connectivity index (χ3v) is 2.66. The zero-order valence-corrected chi connectivity index (χ0v) is 10.5. The largest absolute Gasteiger partial charge is 0.388 e. The molecule has 0 saturated heterocycles. The Labute approximate surface area is 103 Å². The van der Waals surface area contributed by atoms with Crippen LogP contribution in [-0.2, 0) is 0 Å². The molecular weight excluding hydrogens is 208 g/mol. The standard InChI is InChI=1S/C15H18N2/c1-11-7-12(2)9-15(8-11)17-14-6-4-5-13(10-14)16-3/h4-10,16-17H,1-3H3. The Hall–Kier alpha value is -1.96. The SMILES string of the molecule is CNc1cccc(Nc2cc(C)cc(C)c2)c1. The van der Waals surface area contributed by atoms with Crippen molar-refractivity contribution in [2.24, 2.45) is 0 Å². The number of anilines is 3. The van der Waals surface area contributed by atoms with E-state index in [9.17, 15) is 0 Å². The minimum atomic E-state index is 1.10. The van der Waals surface area contributed by atoms with Crippen molar-refractivity contribution in [2.75, 3.05) is 17.7 Å². The van der Waals surface area contributed by atoms with E-state index in [0.717, 1.165) is 17.1 Å². The molecule has 0 radical (unpaired) electrons. The highest BCUT2D eigenvalue weighted by atomic mass is 14.9. The van der Waals surface area contributed by atoms with E-state index in [4.69, 9.17) is 0 Å². The van der Waals surface area contributed by atoms with Crippen molar-refractivity contribution in [3.05, 3.63) is 53.6 Å². The summed E-state index contributed by atoms with van der Waals surface area (Å²) in [5.41, 5.74) is 5.89. The van der Waals surface area contributed by atoms with Gasteiger partial charge in [0.2, 0.25) is 0 Å². The van der Waals surface area contributed by atoms with Crippen molar-refractivity contribution >= 4 is 17.1 Å². The fraction of sp³-hybridized carbons (Fsp3) is 0.200. The molecule has 2 rings (SSSR count). The molecule has 2 heteroatoms. The molecule has 17 heavy (non-hydrogen) atoms. The maximum absolute atomic E-state index is 3.42. The zero-order chi connectivity index (χ0) is 12.3. The van der Waals surface area contributed by atoms with Crippen LogP contribution in [0, 0.1) is 13.8 Å². The molecule has 0 aliphatic rings. The summed E-state index contributed by atoms with van der Waals surface area (Å²) in [5.74, 6) is 0. The van der Waals surface area contributed by atoms with E-state index in [1.807, 2.05) is 19.2 Å². The Morgan fingerprint density at radius 1 is 0.765 bits per heavy atom. The van der Waals surface area contributed by atoms with Crippen LogP contribution in [0.5, 0.6) is 0 Å². The van der Waals surface area contributed by atoms with Crippen LogP contribution in [0.15, 0.2) is 42.5 Å². The van der Waals surface area contributed by atoms with Crippen LogP contribution in [0.1, 0.15) is 11.1 Å². The molecule has 0 aliphatic carbocycles. The smallest absolute Gasteiger partial charge is 0.0404 e. The summed E-state index contributed by atoms with van der Waals surface area (Å²) in [7, 11) is 1.93. The first-order valence-electron chi connectivity index (χ1n) is 5.80. The van der Waals surface area contributed by atoms with E-state index in [1.54, 1.807) is 0 Å². The molecule has 2 N–H and O–H groups in total. The van der Waals surface area contributed by atoms with Crippen LogP contribution in [0.25, 0.3) is 0 Å². The number of benzene rings is 2. The number of rotatable bonds is 3. The van der Waals surface area contributed by atoms with E-state index in [0.29, 0.717) is 0 Å². The van der Waals surface area contributed by atoms with Gasteiger partial charge in [-0.3, -0.25) is 0 Å². The fourth-order valence-electron chi connectivity index (χ4n) is 1.97. The Bertz CT molecular complexity index is 498. The first kappa shape index (κ1) is 11.5. The molecule has 0 aromatic heterocycles. The lowest BCUT2D eigenvalue weighted by atomic mass is 10.1. The Balaban J connectivity index is 2.24. The predicted octanol–water partition coefficient (Wildman–Crippen LogP) is 4.09. The second-order valence-corrected chi connectivity index (χ2v) is 4.33. The molecule has 0 saturated carbocycles. The topological polar surface area (TPSA) is 24.1 Å². The van der Waals surface area contributed by atoms with Crippen LogP contribution >= 0.6 is 0 Å². The van der Waals surface area contributed by atoms with Crippen molar-refractivity contribution in [1.29, 1.82) is 0 Å². The lowest BCUT2D eigenvalue weighted by Crippen LogP contribution is -1.93. The lowest BCUT2D eigenvalue weighted by molar-refractivity contribution is 1.37. The van der Waals surface area contributed by atoms with Crippen LogP contribution < -0.4 is 10.6 Å². The van der Waals surface area contributed by atoms with Gasteiger partial charge in [-0.05, 0) is 55.3 Å². The van der Waals surface area contributed by atoms with Gasteiger partial charge in [0.25, 0.3) is 0 Å². The monoisotopic (exact) mass is 226 g/mol. The van der Waals surface area contributed by atoms with Crippen molar-refractivity contribution in [3.63, 3.8) is 0 Å². The van der Waals surface area contributed by atoms with Gasteiger partial charge in [0.1, 0.15) is 0 Å². The Kier molecular flexibility index (Phi) is 3.33. The van der Waals surface area contributed by atoms with Gasteiger partial charge in [-0.15, -0.1) is 0 Å². The number of aryl methyl sites for hydroxylation is 2.